The van der Waals surface area contributed by atoms with Gasteiger partial charge in [0.05, 0.1) is 16.7 Å². The normalized spacial score (nSPS) is 21.6. The fraction of sp³-hybridized carbons (Fsp3) is 0.167. The van der Waals surface area contributed by atoms with Crippen LogP contribution < -0.4 is 5.73 Å². The lowest BCUT2D eigenvalue weighted by Gasteiger charge is -2.31. The maximum atomic E-state index is 13.2. The predicted molar refractivity (Wildman–Crippen MR) is 148 cm³/mol. The topological polar surface area (TPSA) is 142 Å². The highest BCUT2D eigenvalue weighted by Crippen LogP contribution is 2.33. The highest BCUT2D eigenvalue weighted by molar-refractivity contribution is 5.91. The second kappa shape index (κ2) is 12.3. The number of hydrogen-bond donors (Lipinski definition) is 1. The van der Waals surface area contributed by atoms with Gasteiger partial charge in [-0.15, -0.1) is 0 Å². The molecule has 0 aliphatic carbocycles. The largest absolute Gasteiger partial charge is 0.459 e. The van der Waals surface area contributed by atoms with E-state index in [4.69, 9.17) is 24.7 Å². The average molecular weight is 555 g/mol. The minimum Gasteiger partial charge on any atom is -0.459 e. The van der Waals surface area contributed by atoms with Crippen molar-refractivity contribution in [3.8, 4) is 0 Å². The number of hydrogen-bond acceptors (Lipinski definition) is 11. The van der Waals surface area contributed by atoms with Crippen LogP contribution in [0.25, 0.3) is 0 Å². The summed E-state index contributed by atoms with van der Waals surface area (Å²) < 4.78 is 23.5. The maximum absolute atomic E-state index is 13.2. The van der Waals surface area contributed by atoms with Crippen molar-refractivity contribution < 1.29 is 33.3 Å². The molecule has 208 valence electrons. The van der Waals surface area contributed by atoms with Crippen LogP contribution in [0.3, 0.4) is 0 Å². The SMILES string of the molecule is C=C1N=C(N)N=CN1[C@@H]1O[C@H](COC(=O)c2ccccc2)C(OC(=O)c2ccccc2)[C@@H]1OC(=O)c1ccccc1. The Morgan fingerprint density at radius 1 is 0.780 bits per heavy atom. The summed E-state index contributed by atoms with van der Waals surface area (Å²) in [6, 6.07) is 25.0. The Kier molecular flexibility index (Phi) is 8.16. The van der Waals surface area contributed by atoms with Crippen LogP contribution in [0, 0.1) is 0 Å². The third-order valence-corrected chi connectivity index (χ3v) is 6.31. The van der Waals surface area contributed by atoms with Crippen LogP contribution in [0.1, 0.15) is 31.1 Å². The molecule has 0 aromatic heterocycles. The van der Waals surface area contributed by atoms with Crippen molar-refractivity contribution in [2.45, 2.75) is 24.5 Å². The minimum atomic E-state index is -1.21. The molecule has 3 aromatic carbocycles. The molecule has 0 amide bonds. The number of benzene rings is 3. The van der Waals surface area contributed by atoms with Crippen LogP contribution in [0.15, 0.2) is 113 Å². The second-order valence-electron chi connectivity index (χ2n) is 9.04. The Morgan fingerprint density at radius 2 is 1.27 bits per heavy atom. The molecule has 11 nitrogen and oxygen atoms in total. The van der Waals surface area contributed by atoms with Crippen molar-refractivity contribution in [2.75, 3.05) is 6.61 Å². The minimum absolute atomic E-state index is 0.0255. The molecule has 11 heteroatoms. The Bertz CT molecular complexity index is 1480. The molecule has 5 rings (SSSR count). The molecule has 0 radical (unpaired) electrons. The quantitative estimate of drug-likeness (QED) is 0.328. The molecule has 0 saturated carbocycles. The van der Waals surface area contributed by atoms with Crippen LogP contribution in [-0.4, -0.2) is 66.3 Å². The number of nitrogens with two attached hydrogens (primary N) is 1. The number of esters is 3. The Labute approximate surface area is 235 Å². The summed E-state index contributed by atoms with van der Waals surface area (Å²) in [5.74, 6) is -1.85. The third-order valence-electron chi connectivity index (χ3n) is 6.31. The van der Waals surface area contributed by atoms with Gasteiger partial charge < -0.3 is 24.7 Å². The van der Waals surface area contributed by atoms with Gasteiger partial charge in [-0.3, -0.25) is 4.90 Å². The summed E-state index contributed by atoms with van der Waals surface area (Å²) in [6.07, 6.45) is -3.24. The molecule has 2 N–H and O–H groups in total. The number of guanidine groups is 1. The van der Waals surface area contributed by atoms with Gasteiger partial charge in [0.1, 0.15) is 24.9 Å². The zero-order chi connectivity index (χ0) is 28.8. The summed E-state index contributed by atoms with van der Waals surface area (Å²) >= 11 is 0. The van der Waals surface area contributed by atoms with Gasteiger partial charge in [-0.25, -0.2) is 19.4 Å². The van der Waals surface area contributed by atoms with Crippen LogP contribution >= 0.6 is 0 Å². The maximum Gasteiger partial charge on any atom is 0.338 e. The highest BCUT2D eigenvalue weighted by Gasteiger charge is 2.53. The van der Waals surface area contributed by atoms with Crippen molar-refractivity contribution in [1.82, 2.24) is 4.90 Å². The first-order chi connectivity index (χ1) is 19.9. The molecular formula is C30H26N4O7. The smallest absolute Gasteiger partial charge is 0.338 e. The van der Waals surface area contributed by atoms with Crippen LogP contribution in [-0.2, 0) is 18.9 Å². The predicted octanol–water partition coefficient (Wildman–Crippen LogP) is 3.15. The van der Waals surface area contributed by atoms with E-state index in [9.17, 15) is 14.4 Å². The van der Waals surface area contributed by atoms with Gasteiger partial charge in [0.25, 0.3) is 0 Å². The van der Waals surface area contributed by atoms with E-state index in [0.717, 1.165) is 0 Å². The molecule has 4 atom stereocenters. The van der Waals surface area contributed by atoms with Crippen LogP contribution in [0.5, 0.6) is 0 Å². The molecule has 1 unspecified atom stereocenters. The van der Waals surface area contributed by atoms with Crippen molar-refractivity contribution in [2.24, 2.45) is 15.7 Å². The molecule has 2 aliphatic heterocycles. The van der Waals surface area contributed by atoms with Crippen molar-refractivity contribution in [1.29, 1.82) is 0 Å². The summed E-state index contributed by atoms with van der Waals surface area (Å²) in [6.45, 7) is 3.57. The Balaban J connectivity index is 1.46. The van der Waals surface area contributed by atoms with Crippen molar-refractivity contribution in [3.05, 3.63) is 120 Å². The number of ether oxygens (including phenoxy) is 4. The van der Waals surface area contributed by atoms with E-state index in [1.54, 1.807) is 91.0 Å². The summed E-state index contributed by atoms with van der Waals surface area (Å²) in [7, 11) is 0. The van der Waals surface area contributed by atoms with Gasteiger partial charge in [-0.05, 0) is 36.4 Å². The number of nitrogens with zero attached hydrogens (tertiary/aromatic N) is 3. The molecule has 1 fully saturated rings. The zero-order valence-corrected chi connectivity index (χ0v) is 21.7. The van der Waals surface area contributed by atoms with Gasteiger partial charge in [-0.2, -0.15) is 4.99 Å². The van der Waals surface area contributed by atoms with E-state index < -0.39 is 42.4 Å². The molecule has 0 spiro atoms. The standard InChI is InChI=1S/C30H26N4O7/c1-19-33-30(31)32-18-34(19)26-25(41-29(37)22-15-9-4-10-16-22)24(40-28(36)21-13-7-3-8-14-21)23(39-26)17-38-27(35)20-11-5-2-6-12-20/h2-16,18,23-26H,1,17H2,(H2,31,33)/t23-,24?,25+,26-/m1/s1. The van der Waals surface area contributed by atoms with E-state index in [2.05, 4.69) is 16.6 Å². The molecule has 1 saturated heterocycles. The van der Waals surface area contributed by atoms with Crippen molar-refractivity contribution in [3.63, 3.8) is 0 Å². The molecular weight excluding hydrogens is 528 g/mol. The summed E-state index contributed by atoms with van der Waals surface area (Å²) in [5, 5.41) is 0. The van der Waals surface area contributed by atoms with Gasteiger partial charge in [0.15, 0.2) is 18.4 Å². The monoisotopic (exact) mass is 554 g/mol. The number of carbonyl (C=O) groups is 3. The molecule has 0 bridgehead atoms. The lowest BCUT2D eigenvalue weighted by molar-refractivity contribution is -0.0688. The van der Waals surface area contributed by atoms with Gasteiger partial charge in [0, 0.05) is 0 Å². The Hall–Kier alpha value is -5.29. The van der Waals surface area contributed by atoms with Crippen LogP contribution in [0.4, 0.5) is 0 Å². The summed E-state index contributed by atoms with van der Waals surface area (Å²) in [5.41, 5.74) is 6.58. The van der Waals surface area contributed by atoms with Gasteiger partial charge >= 0.3 is 17.9 Å². The van der Waals surface area contributed by atoms with E-state index in [0.29, 0.717) is 5.56 Å². The summed E-state index contributed by atoms with van der Waals surface area (Å²) in [4.78, 5) is 48.6. The van der Waals surface area contributed by atoms with E-state index in [-0.39, 0.29) is 29.5 Å². The van der Waals surface area contributed by atoms with E-state index in [1.807, 2.05) is 0 Å². The average Bonchev–Trinajstić information content (AvgIpc) is 3.33. The fourth-order valence-corrected chi connectivity index (χ4v) is 4.30. The number of aliphatic imine (C=N–C) groups is 2. The first-order valence-corrected chi connectivity index (χ1v) is 12.7. The lowest BCUT2D eigenvalue weighted by atomic mass is 10.1. The van der Waals surface area contributed by atoms with Crippen molar-refractivity contribution >= 4 is 30.2 Å². The Morgan fingerprint density at radius 3 is 1.78 bits per heavy atom. The first-order valence-electron chi connectivity index (χ1n) is 12.7. The van der Waals surface area contributed by atoms with E-state index in [1.165, 1.54) is 11.2 Å². The van der Waals surface area contributed by atoms with Gasteiger partial charge in [-0.1, -0.05) is 61.2 Å². The highest BCUT2D eigenvalue weighted by atomic mass is 16.7. The second-order valence-corrected chi connectivity index (χ2v) is 9.04. The molecule has 2 heterocycles. The molecule has 41 heavy (non-hydrogen) atoms. The van der Waals surface area contributed by atoms with Crippen LogP contribution in [0.2, 0.25) is 0 Å². The number of carbonyl (C=O) groups excluding carboxylic acids is 3. The molecule has 2 aliphatic rings. The van der Waals surface area contributed by atoms with Gasteiger partial charge in [0.2, 0.25) is 5.96 Å². The first kappa shape index (κ1) is 27.3. The number of rotatable bonds is 8. The lowest BCUT2D eigenvalue weighted by Crippen LogP contribution is -2.47. The van der Waals surface area contributed by atoms with E-state index >= 15 is 0 Å². The molecule has 3 aromatic rings. The fourth-order valence-electron chi connectivity index (χ4n) is 4.30. The third kappa shape index (κ3) is 6.31. The zero-order valence-electron chi connectivity index (χ0n) is 21.7.